The van der Waals surface area contributed by atoms with E-state index in [1.54, 1.807) is 6.07 Å². The monoisotopic (exact) mass is 224 g/mol. The molecule has 4 N–H and O–H groups in total. The molecular weight excluding hydrogens is 216 g/mol. The molecule has 2 aromatic rings. The Morgan fingerprint density at radius 3 is 2.43 bits per heavy atom. The van der Waals surface area contributed by atoms with Crippen LogP contribution in [0.25, 0.3) is 11.1 Å². The fourth-order valence-corrected chi connectivity index (χ4v) is 2.21. The summed E-state index contributed by atoms with van der Waals surface area (Å²) < 4.78 is 0.772. The highest BCUT2D eigenvalue weighted by atomic mass is 35.5. The second-order valence-corrected chi connectivity index (χ2v) is 4.47. The first-order valence-electron chi connectivity index (χ1n) is 4.07. The molecule has 0 aliphatic carbocycles. The Morgan fingerprint density at radius 2 is 1.86 bits per heavy atom. The van der Waals surface area contributed by atoms with Crippen molar-refractivity contribution in [2.75, 3.05) is 11.5 Å². The van der Waals surface area contributed by atoms with E-state index in [-0.39, 0.29) is 0 Å². The van der Waals surface area contributed by atoms with Crippen LogP contribution in [0.1, 0.15) is 0 Å². The van der Waals surface area contributed by atoms with Gasteiger partial charge < -0.3 is 11.5 Å². The molecule has 2 rings (SSSR count). The van der Waals surface area contributed by atoms with Gasteiger partial charge in [0.2, 0.25) is 0 Å². The second kappa shape index (κ2) is 3.52. The van der Waals surface area contributed by atoms with Crippen molar-refractivity contribution in [1.29, 1.82) is 0 Å². The van der Waals surface area contributed by atoms with Crippen LogP contribution < -0.4 is 11.5 Å². The highest BCUT2D eigenvalue weighted by Crippen LogP contribution is 2.34. The number of hydrogen-bond acceptors (Lipinski definition) is 3. The topological polar surface area (TPSA) is 52.0 Å². The number of benzene rings is 1. The molecule has 0 radical (unpaired) electrons. The van der Waals surface area contributed by atoms with Gasteiger partial charge in [-0.05, 0) is 29.1 Å². The number of thiophene rings is 1. The molecule has 14 heavy (non-hydrogen) atoms. The van der Waals surface area contributed by atoms with E-state index in [0.717, 1.165) is 15.5 Å². The van der Waals surface area contributed by atoms with Gasteiger partial charge >= 0.3 is 0 Å². The van der Waals surface area contributed by atoms with Crippen LogP contribution in [0.15, 0.2) is 29.6 Å². The lowest BCUT2D eigenvalue weighted by molar-refractivity contribution is 1.64. The molecule has 0 spiro atoms. The second-order valence-electron chi connectivity index (χ2n) is 2.95. The molecule has 0 bridgehead atoms. The van der Waals surface area contributed by atoms with Crippen molar-refractivity contribution in [3.8, 4) is 11.1 Å². The smallest absolute Gasteiger partial charge is 0.101 e. The molecule has 1 aromatic carbocycles. The van der Waals surface area contributed by atoms with Crippen LogP contribution >= 0.6 is 22.9 Å². The van der Waals surface area contributed by atoms with Crippen LogP contribution in [0, 0.1) is 0 Å². The number of rotatable bonds is 1. The summed E-state index contributed by atoms with van der Waals surface area (Å²) in [4.78, 5) is 0. The number of halogens is 1. The van der Waals surface area contributed by atoms with Crippen LogP contribution in [0.3, 0.4) is 0 Å². The molecule has 0 fully saturated rings. The van der Waals surface area contributed by atoms with E-state index in [1.165, 1.54) is 11.3 Å². The maximum Gasteiger partial charge on any atom is 0.101 e. The summed E-state index contributed by atoms with van der Waals surface area (Å²) in [5.41, 5.74) is 14.5. The van der Waals surface area contributed by atoms with E-state index < -0.39 is 0 Å². The molecule has 4 heteroatoms. The van der Waals surface area contributed by atoms with Crippen molar-refractivity contribution in [2.45, 2.75) is 0 Å². The maximum absolute atomic E-state index is 6.01. The van der Waals surface area contributed by atoms with Gasteiger partial charge in [0.25, 0.3) is 0 Å². The van der Waals surface area contributed by atoms with E-state index in [9.17, 15) is 0 Å². The largest absolute Gasteiger partial charge is 0.397 e. The molecule has 0 aliphatic rings. The molecule has 0 unspecified atom stereocenters. The SMILES string of the molecule is Nc1ccc(-c2ccsc2Cl)cc1N. The summed E-state index contributed by atoms with van der Waals surface area (Å²) in [7, 11) is 0. The molecule has 72 valence electrons. The van der Waals surface area contributed by atoms with E-state index in [2.05, 4.69) is 0 Å². The van der Waals surface area contributed by atoms with Crippen LogP contribution in [-0.4, -0.2) is 0 Å². The molecule has 2 nitrogen and oxygen atoms in total. The zero-order chi connectivity index (χ0) is 10.1. The number of anilines is 2. The Kier molecular flexibility index (Phi) is 2.35. The van der Waals surface area contributed by atoms with Gasteiger partial charge in [-0.3, -0.25) is 0 Å². The zero-order valence-corrected chi connectivity index (χ0v) is 8.90. The Morgan fingerprint density at radius 1 is 1.07 bits per heavy atom. The lowest BCUT2D eigenvalue weighted by Gasteiger charge is -2.03. The fourth-order valence-electron chi connectivity index (χ4n) is 1.24. The minimum absolute atomic E-state index is 0.588. The van der Waals surface area contributed by atoms with Crippen LogP contribution in [0.5, 0.6) is 0 Å². The summed E-state index contributed by atoms with van der Waals surface area (Å²) in [5.74, 6) is 0. The normalized spacial score (nSPS) is 10.4. The first-order valence-corrected chi connectivity index (χ1v) is 5.32. The standard InChI is InChI=1S/C10H9ClN2S/c11-10-7(3-4-14-10)6-1-2-8(12)9(13)5-6/h1-5H,12-13H2. The van der Waals surface area contributed by atoms with E-state index in [1.807, 2.05) is 23.6 Å². The summed E-state index contributed by atoms with van der Waals surface area (Å²) in [6, 6.07) is 7.51. The Bertz CT molecular complexity index is 465. The third-order valence-electron chi connectivity index (χ3n) is 2.02. The first-order chi connectivity index (χ1) is 6.68. The molecular formula is C10H9ClN2S. The third kappa shape index (κ3) is 1.56. The third-order valence-corrected chi connectivity index (χ3v) is 3.19. The molecule has 1 aromatic heterocycles. The Hall–Kier alpha value is -1.19. The average molecular weight is 225 g/mol. The van der Waals surface area contributed by atoms with Crippen molar-refractivity contribution in [3.05, 3.63) is 34.0 Å². The number of nitrogen functional groups attached to an aromatic ring is 2. The van der Waals surface area contributed by atoms with Crippen molar-refractivity contribution < 1.29 is 0 Å². The summed E-state index contributed by atoms with van der Waals surface area (Å²) in [6.45, 7) is 0. The van der Waals surface area contributed by atoms with E-state index in [4.69, 9.17) is 23.1 Å². The molecule has 1 heterocycles. The van der Waals surface area contributed by atoms with Gasteiger partial charge in [-0.15, -0.1) is 11.3 Å². The predicted octanol–water partition coefficient (Wildman–Crippen LogP) is 3.23. The van der Waals surface area contributed by atoms with Crippen LogP contribution in [0.4, 0.5) is 11.4 Å². The summed E-state index contributed by atoms with van der Waals surface area (Å²) in [6.07, 6.45) is 0. The minimum Gasteiger partial charge on any atom is -0.397 e. The van der Waals surface area contributed by atoms with Crippen LogP contribution in [-0.2, 0) is 0 Å². The first kappa shape index (κ1) is 9.37. The molecule has 0 atom stereocenters. The van der Waals surface area contributed by atoms with Crippen molar-refractivity contribution in [3.63, 3.8) is 0 Å². The van der Waals surface area contributed by atoms with Gasteiger partial charge in [-0.25, -0.2) is 0 Å². The van der Waals surface area contributed by atoms with Crippen molar-refractivity contribution >= 4 is 34.3 Å². The summed E-state index contributed by atoms with van der Waals surface area (Å²) in [5, 5.41) is 1.95. The van der Waals surface area contributed by atoms with Crippen LogP contribution in [0.2, 0.25) is 4.34 Å². The van der Waals surface area contributed by atoms with E-state index >= 15 is 0 Å². The van der Waals surface area contributed by atoms with Gasteiger partial charge in [-0.1, -0.05) is 17.7 Å². The highest BCUT2D eigenvalue weighted by Gasteiger charge is 2.05. The summed E-state index contributed by atoms with van der Waals surface area (Å²) >= 11 is 7.52. The van der Waals surface area contributed by atoms with Crippen molar-refractivity contribution in [2.24, 2.45) is 0 Å². The minimum atomic E-state index is 0.588. The number of nitrogens with two attached hydrogens (primary N) is 2. The lowest BCUT2D eigenvalue weighted by atomic mass is 10.1. The van der Waals surface area contributed by atoms with Gasteiger partial charge in [0.1, 0.15) is 4.34 Å². The maximum atomic E-state index is 6.01. The zero-order valence-electron chi connectivity index (χ0n) is 7.33. The quantitative estimate of drug-likeness (QED) is 0.731. The van der Waals surface area contributed by atoms with Gasteiger partial charge in [0, 0.05) is 5.56 Å². The van der Waals surface area contributed by atoms with Crippen molar-refractivity contribution in [1.82, 2.24) is 0 Å². The van der Waals surface area contributed by atoms with Gasteiger partial charge in [-0.2, -0.15) is 0 Å². The van der Waals surface area contributed by atoms with Gasteiger partial charge in [0.05, 0.1) is 11.4 Å². The van der Waals surface area contributed by atoms with E-state index in [0.29, 0.717) is 11.4 Å². The molecule has 0 amide bonds. The Labute approximate surface area is 91.1 Å². The molecule has 0 aliphatic heterocycles. The lowest BCUT2D eigenvalue weighted by Crippen LogP contribution is -1.93. The molecule has 0 saturated carbocycles. The fraction of sp³-hybridized carbons (Fsp3) is 0. The van der Waals surface area contributed by atoms with Gasteiger partial charge in [0.15, 0.2) is 0 Å². The number of hydrogen-bond donors (Lipinski definition) is 2. The predicted molar refractivity (Wildman–Crippen MR) is 63.6 cm³/mol. The molecule has 0 saturated heterocycles. The highest BCUT2D eigenvalue weighted by molar-refractivity contribution is 7.15. The average Bonchev–Trinajstić information content (AvgIpc) is 2.57. The Balaban J connectivity index is 2.53.